The Morgan fingerprint density at radius 3 is 2.03 bits per heavy atom. The maximum Gasteiger partial charge on any atom is 0.239 e. The van der Waals surface area contributed by atoms with Crippen LogP contribution in [-0.4, -0.2) is 18.0 Å². The van der Waals surface area contributed by atoms with Gasteiger partial charge in [-0.3, -0.25) is 14.6 Å². The van der Waals surface area contributed by atoms with Crippen molar-refractivity contribution in [1.82, 2.24) is 0 Å². The van der Waals surface area contributed by atoms with Crippen molar-refractivity contribution in [2.24, 2.45) is 16.8 Å². The van der Waals surface area contributed by atoms with E-state index < -0.39 is 17.3 Å². The van der Waals surface area contributed by atoms with Gasteiger partial charge in [0.2, 0.25) is 11.8 Å². The van der Waals surface area contributed by atoms with E-state index in [0.29, 0.717) is 5.69 Å². The van der Waals surface area contributed by atoms with Crippen molar-refractivity contribution in [2.45, 2.75) is 25.2 Å². The van der Waals surface area contributed by atoms with Crippen molar-refractivity contribution >= 4 is 29.4 Å². The average Bonchev–Trinajstić information content (AvgIpc) is 3.19. The number of carbonyl (C=O) groups excluding carboxylic acids is 2. The number of nitrogens with zero attached hydrogens (tertiary/aromatic N) is 2. The summed E-state index contributed by atoms with van der Waals surface area (Å²) in [5, 5.41) is 0. The molecule has 0 radical (unpaired) electrons. The fourth-order valence-corrected chi connectivity index (χ4v) is 7.03. The van der Waals surface area contributed by atoms with Crippen LogP contribution in [0, 0.1) is 25.7 Å². The fraction of sp³-hybridized carbons (Fsp3) is 0.182. The predicted molar refractivity (Wildman–Crippen MR) is 145 cm³/mol. The Kier molecular flexibility index (Phi) is 4.65. The number of rotatable bonds is 3. The Morgan fingerprint density at radius 1 is 0.757 bits per heavy atom. The van der Waals surface area contributed by atoms with E-state index in [0.717, 1.165) is 39.1 Å². The fourth-order valence-electron chi connectivity index (χ4n) is 7.03. The number of para-hydroxylation sites is 1. The first-order valence-electron chi connectivity index (χ1n) is 12.8. The lowest BCUT2D eigenvalue weighted by Gasteiger charge is -2.52. The van der Waals surface area contributed by atoms with Gasteiger partial charge in [0.25, 0.3) is 0 Å². The van der Waals surface area contributed by atoms with Gasteiger partial charge in [0.15, 0.2) is 0 Å². The van der Waals surface area contributed by atoms with Crippen LogP contribution >= 0.6 is 0 Å². The van der Waals surface area contributed by atoms with Crippen LogP contribution in [0.2, 0.25) is 0 Å². The summed E-state index contributed by atoms with van der Waals surface area (Å²) in [6.45, 7) is 3.99. The molecule has 1 saturated heterocycles. The molecule has 3 aliphatic carbocycles. The zero-order chi connectivity index (χ0) is 25.3. The first-order valence-corrected chi connectivity index (χ1v) is 12.8. The summed E-state index contributed by atoms with van der Waals surface area (Å²) in [6, 6.07) is 32.3. The van der Waals surface area contributed by atoms with Gasteiger partial charge in [-0.05, 0) is 59.9 Å². The van der Waals surface area contributed by atoms with Crippen LogP contribution in [0.1, 0.15) is 39.3 Å². The first kappa shape index (κ1) is 21.9. The molecule has 1 fully saturated rings. The zero-order valence-electron chi connectivity index (χ0n) is 20.8. The summed E-state index contributed by atoms with van der Waals surface area (Å²) < 4.78 is 0. The Labute approximate surface area is 216 Å². The van der Waals surface area contributed by atoms with Gasteiger partial charge in [0, 0.05) is 12.1 Å². The molecule has 2 bridgehead atoms. The zero-order valence-corrected chi connectivity index (χ0v) is 20.8. The number of aryl methyl sites for hydroxylation is 2. The molecule has 180 valence electrons. The molecular formula is C33H26N2O2. The first-order chi connectivity index (χ1) is 18.0. The molecule has 0 saturated carbocycles. The van der Waals surface area contributed by atoms with Gasteiger partial charge in [-0.15, -0.1) is 0 Å². The van der Waals surface area contributed by atoms with E-state index in [1.165, 1.54) is 4.90 Å². The largest absolute Gasteiger partial charge is 0.274 e. The van der Waals surface area contributed by atoms with Crippen molar-refractivity contribution in [1.29, 1.82) is 0 Å². The molecule has 1 heterocycles. The van der Waals surface area contributed by atoms with Crippen molar-refractivity contribution in [3.8, 4) is 0 Å². The van der Waals surface area contributed by atoms with E-state index >= 15 is 0 Å². The Morgan fingerprint density at radius 2 is 1.38 bits per heavy atom. The number of hydrogen-bond acceptors (Lipinski definition) is 3. The van der Waals surface area contributed by atoms with Gasteiger partial charge in [0.05, 0.1) is 28.6 Å². The molecule has 8 rings (SSSR count). The Balaban J connectivity index is 1.51. The molecule has 37 heavy (non-hydrogen) atoms. The summed E-state index contributed by atoms with van der Waals surface area (Å²) in [7, 11) is 0. The molecular weight excluding hydrogens is 456 g/mol. The lowest BCUT2D eigenvalue weighted by molar-refractivity contribution is -0.122. The van der Waals surface area contributed by atoms with Gasteiger partial charge in [-0.2, -0.15) is 0 Å². The van der Waals surface area contributed by atoms with Crippen LogP contribution in [0.3, 0.4) is 0 Å². The molecule has 4 aromatic rings. The number of imide groups is 1. The van der Waals surface area contributed by atoms with Crippen molar-refractivity contribution in [3.05, 3.63) is 130 Å². The minimum absolute atomic E-state index is 0.117. The van der Waals surface area contributed by atoms with E-state index in [4.69, 9.17) is 4.99 Å². The second-order valence-electron chi connectivity index (χ2n) is 10.4. The van der Waals surface area contributed by atoms with E-state index in [9.17, 15) is 9.59 Å². The molecule has 1 aliphatic heterocycles. The van der Waals surface area contributed by atoms with Gasteiger partial charge in [-0.25, -0.2) is 4.90 Å². The number of hydrogen-bond donors (Lipinski definition) is 0. The maximum atomic E-state index is 14.5. The van der Waals surface area contributed by atoms with E-state index in [1.54, 1.807) is 0 Å². The average molecular weight is 483 g/mol. The smallest absolute Gasteiger partial charge is 0.239 e. The molecule has 4 nitrogen and oxygen atoms in total. The minimum Gasteiger partial charge on any atom is -0.274 e. The van der Waals surface area contributed by atoms with Crippen LogP contribution in [-0.2, 0) is 15.0 Å². The summed E-state index contributed by atoms with van der Waals surface area (Å²) in [5.74, 6) is -1.48. The predicted octanol–water partition coefficient (Wildman–Crippen LogP) is 6.26. The van der Waals surface area contributed by atoms with Crippen LogP contribution in [0.4, 0.5) is 11.4 Å². The molecule has 2 amide bonds. The topological polar surface area (TPSA) is 49.7 Å². The minimum atomic E-state index is -0.845. The highest BCUT2D eigenvalue weighted by atomic mass is 16.2. The second-order valence-corrected chi connectivity index (χ2v) is 10.4. The molecule has 2 atom stereocenters. The number of carbonyl (C=O) groups is 2. The summed E-state index contributed by atoms with van der Waals surface area (Å²) in [6.07, 6.45) is 1.95. The molecule has 0 unspecified atom stereocenters. The molecule has 4 heteroatoms. The number of benzene rings is 4. The van der Waals surface area contributed by atoms with Crippen molar-refractivity contribution < 1.29 is 9.59 Å². The summed E-state index contributed by atoms with van der Waals surface area (Å²) in [5.41, 5.74) is 7.06. The van der Waals surface area contributed by atoms with Crippen LogP contribution in [0.25, 0.3) is 0 Å². The number of anilines is 1. The molecule has 0 N–H and O–H groups in total. The molecule has 0 spiro atoms. The highest BCUT2D eigenvalue weighted by Gasteiger charge is 2.68. The second kappa shape index (κ2) is 7.84. The van der Waals surface area contributed by atoms with Crippen molar-refractivity contribution in [3.63, 3.8) is 0 Å². The maximum absolute atomic E-state index is 14.5. The van der Waals surface area contributed by atoms with Crippen LogP contribution < -0.4 is 4.90 Å². The van der Waals surface area contributed by atoms with E-state index in [1.807, 2.05) is 92.9 Å². The quantitative estimate of drug-likeness (QED) is 0.256. The standard InChI is InChI=1S/C33H26N2O2/c1-20-16-17-27(21(2)18-20)35-31(36)29-28-23-12-6-8-14-25(23)33(30(29)32(35)37,26-15-9-7-13-24(26)28)19-34-22-10-4-3-5-11-22/h3-19,28-30H,1-2H3/t28?,29-,30+,33?/m0/s1. The Bertz CT molecular complexity index is 1570. The van der Waals surface area contributed by atoms with Gasteiger partial charge in [0.1, 0.15) is 0 Å². The van der Waals surface area contributed by atoms with Crippen LogP contribution in [0.15, 0.2) is 102 Å². The Hall–Kier alpha value is -4.31. The van der Waals surface area contributed by atoms with Crippen LogP contribution in [0.5, 0.6) is 0 Å². The molecule has 4 aliphatic rings. The van der Waals surface area contributed by atoms with Gasteiger partial charge >= 0.3 is 0 Å². The highest BCUT2D eigenvalue weighted by Crippen LogP contribution is 2.63. The SMILES string of the molecule is Cc1ccc(N2C(=O)[C@H]3C4c5ccccc5C(C=Nc5ccccc5)(c5ccccc54)[C@H]3C2=O)c(C)c1. The third-order valence-corrected chi connectivity index (χ3v) is 8.45. The molecule has 4 aromatic carbocycles. The van der Waals surface area contributed by atoms with Gasteiger partial charge < -0.3 is 0 Å². The summed E-state index contributed by atoms with van der Waals surface area (Å²) in [4.78, 5) is 35.1. The van der Waals surface area contributed by atoms with Crippen molar-refractivity contribution in [2.75, 3.05) is 4.90 Å². The number of aliphatic imine (C=N–C) groups is 1. The monoisotopic (exact) mass is 482 g/mol. The lowest BCUT2D eigenvalue weighted by Crippen LogP contribution is -2.54. The summed E-state index contributed by atoms with van der Waals surface area (Å²) >= 11 is 0. The third kappa shape index (κ3) is 2.87. The van der Waals surface area contributed by atoms with Gasteiger partial charge in [-0.1, -0.05) is 84.4 Å². The van der Waals surface area contributed by atoms with E-state index in [2.05, 4.69) is 24.3 Å². The molecule has 0 aromatic heterocycles. The highest BCUT2D eigenvalue weighted by molar-refractivity contribution is 6.25. The number of amides is 2. The van der Waals surface area contributed by atoms with E-state index in [-0.39, 0.29) is 17.7 Å². The normalized spacial score (nSPS) is 25.4. The lowest BCUT2D eigenvalue weighted by atomic mass is 9.47. The third-order valence-electron chi connectivity index (χ3n) is 8.45.